The molecule has 2 aromatic rings. The average molecular weight is 289 g/mol. The van der Waals surface area contributed by atoms with Gasteiger partial charge < -0.3 is 10.1 Å². The standard InChI is InChI=1S/C17H23NOS/c1-12(2)19-16-9-7-15(8-10-16)13(3)18-14(4)17-6-5-11-20-17/h5-14,18H,1-4H3/t13?,14-/m1/s1. The molecular formula is C17H23NOS. The Kier molecular flexibility index (Phi) is 5.21. The molecule has 108 valence electrons. The van der Waals surface area contributed by atoms with Crippen LogP contribution < -0.4 is 10.1 Å². The van der Waals surface area contributed by atoms with E-state index in [4.69, 9.17) is 4.74 Å². The van der Waals surface area contributed by atoms with Gasteiger partial charge in [0.2, 0.25) is 0 Å². The van der Waals surface area contributed by atoms with Crippen molar-refractivity contribution in [1.29, 1.82) is 0 Å². The fourth-order valence-electron chi connectivity index (χ4n) is 2.20. The normalized spacial score (nSPS) is 14.2. The van der Waals surface area contributed by atoms with Gasteiger partial charge in [-0.1, -0.05) is 18.2 Å². The Morgan fingerprint density at radius 3 is 2.20 bits per heavy atom. The molecule has 20 heavy (non-hydrogen) atoms. The Labute approximate surface area is 125 Å². The molecule has 0 spiro atoms. The maximum atomic E-state index is 5.67. The third-order valence-corrected chi connectivity index (χ3v) is 4.28. The van der Waals surface area contributed by atoms with E-state index in [0.29, 0.717) is 12.1 Å². The summed E-state index contributed by atoms with van der Waals surface area (Å²) in [7, 11) is 0. The van der Waals surface area contributed by atoms with Crippen molar-refractivity contribution in [1.82, 2.24) is 5.32 Å². The van der Waals surface area contributed by atoms with Gasteiger partial charge >= 0.3 is 0 Å². The van der Waals surface area contributed by atoms with Crippen molar-refractivity contribution in [2.75, 3.05) is 0 Å². The van der Waals surface area contributed by atoms with Crippen molar-refractivity contribution in [2.45, 2.75) is 45.9 Å². The molecule has 1 aromatic heterocycles. The van der Waals surface area contributed by atoms with Gasteiger partial charge in [-0.05, 0) is 56.8 Å². The Bertz CT molecular complexity index is 504. The molecule has 1 unspecified atom stereocenters. The molecule has 0 fully saturated rings. The molecule has 2 atom stereocenters. The highest BCUT2D eigenvalue weighted by Gasteiger charge is 2.12. The van der Waals surface area contributed by atoms with E-state index < -0.39 is 0 Å². The topological polar surface area (TPSA) is 21.3 Å². The first-order valence-corrected chi connectivity index (χ1v) is 8.00. The van der Waals surface area contributed by atoms with Crippen molar-refractivity contribution in [3.63, 3.8) is 0 Å². The third-order valence-electron chi connectivity index (χ3n) is 3.22. The SMILES string of the molecule is CC(C)Oc1ccc(C(C)N[C@H](C)c2cccs2)cc1. The van der Waals surface area contributed by atoms with E-state index in [-0.39, 0.29) is 6.10 Å². The number of hydrogen-bond acceptors (Lipinski definition) is 3. The van der Waals surface area contributed by atoms with Gasteiger partial charge in [0.1, 0.15) is 5.75 Å². The second-order valence-electron chi connectivity index (χ2n) is 5.36. The van der Waals surface area contributed by atoms with Crippen LogP contribution in [0.25, 0.3) is 0 Å². The number of hydrogen-bond donors (Lipinski definition) is 1. The van der Waals surface area contributed by atoms with Crippen LogP contribution in [0.4, 0.5) is 0 Å². The zero-order chi connectivity index (χ0) is 14.5. The summed E-state index contributed by atoms with van der Waals surface area (Å²) in [5.74, 6) is 0.933. The van der Waals surface area contributed by atoms with Crippen molar-refractivity contribution in [2.24, 2.45) is 0 Å². The molecule has 1 N–H and O–H groups in total. The monoisotopic (exact) mass is 289 g/mol. The van der Waals surface area contributed by atoms with Crippen LogP contribution in [0.3, 0.4) is 0 Å². The van der Waals surface area contributed by atoms with E-state index in [2.05, 4.69) is 48.8 Å². The zero-order valence-corrected chi connectivity index (χ0v) is 13.4. The van der Waals surface area contributed by atoms with Gasteiger partial charge in [0, 0.05) is 17.0 Å². The number of nitrogens with one attached hydrogen (secondary N) is 1. The maximum absolute atomic E-state index is 5.67. The van der Waals surface area contributed by atoms with Gasteiger partial charge in [-0.3, -0.25) is 0 Å². The van der Waals surface area contributed by atoms with Crippen molar-refractivity contribution in [3.05, 3.63) is 52.2 Å². The third kappa shape index (κ3) is 4.09. The van der Waals surface area contributed by atoms with Crippen LogP contribution in [0, 0.1) is 0 Å². The highest BCUT2D eigenvalue weighted by Crippen LogP contribution is 2.24. The van der Waals surface area contributed by atoms with Gasteiger partial charge in [0.25, 0.3) is 0 Å². The molecule has 2 rings (SSSR count). The van der Waals surface area contributed by atoms with Crippen molar-refractivity contribution < 1.29 is 4.74 Å². The Balaban J connectivity index is 1.97. The van der Waals surface area contributed by atoms with Crippen LogP contribution in [-0.2, 0) is 0 Å². The first-order chi connectivity index (χ1) is 9.56. The summed E-state index contributed by atoms with van der Waals surface area (Å²) in [4.78, 5) is 1.37. The van der Waals surface area contributed by atoms with Gasteiger partial charge in [-0.2, -0.15) is 0 Å². The Morgan fingerprint density at radius 1 is 0.950 bits per heavy atom. The fraction of sp³-hybridized carbons (Fsp3) is 0.412. The first-order valence-electron chi connectivity index (χ1n) is 7.12. The van der Waals surface area contributed by atoms with Gasteiger partial charge in [0.05, 0.1) is 6.10 Å². The van der Waals surface area contributed by atoms with Crippen molar-refractivity contribution in [3.8, 4) is 5.75 Å². The molecule has 0 amide bonds. The molecular weight excluding hydrogens is 266 g/mol. The van der Waals surface area contributed by atoms with Crippen LogP contribution in [-0.4, -0.2) is 6.10 Å². The summed E-state index contributed by atoms with van der Waals surface area (Å²) >= 11 is 1.79. The smallest absolute Gasteiger partial charge is 0.119 e. The largest absolute Gasteiger partial charge is 0.491 e. The van der Waals surface area contributed by atoms with Crippen LogP contribution in [0.1, 0.15) is 50.2 Å². The van der Waals surface area contributed by atoms with E-state index in [1.807, 2.05) is 26.0 Å². The highest BCUT2D eigenvalue weighted by molar-refractivity contribution is 7.10. The lowest BCUT2D eigenvalue weighted by Gasteiger charge is -2.20. The molecule has 0 aliphatic heterocycles. The minimum absolute atomic E-state index is 0.218. The van der Waals surface area contributed by atoms with E-state index in [0.717, 1.165) is 5.75 Å². The molecule has 1 aromatic carbocycles. The summed E-state index contributed by atoms with van der Waals surface area (Å²) in [6.45, 7) is 8.49. The number of benzene rings is 1. The van der Waals surface area contributed by atoms with Gasteiger partial charge in [-0.15, -0.1) is 11.3 Å². The molecule has 0 saturated carbocycles. The zero-order valence-electron chi connectivity index (χ0n) is 12.6. The lowest BCUT2D eigenvalue weighted by atomic mass is 10.1. The molecule has 2 nitrogen and oxygen atoms in total. The van der Waals surface area contributed by atoms with Crippen molar-refractivity contribution >= 4 is 11.3 Å². The predicted octanol–water partition coefficient (Wildman–Crippen LogP) is 4.95. The summed E-state index contributed by atoms with van der Waals surface area (Å²) in [5.41, 5.74) is 1.28. The molecule has 0 aliphatic carbocycles. The number of thiophene rings is 1. The Hall–Kier alpha value is -1.32. The minimum atomic E-state index is 0.218. The van der Waals surface area contributed by atoms with E-state index in [9.17, 15) is 0 Å². The molecule has 1 heterocycles. The van der Waals surface area contributed by atoms with Crippen LogP contribution in [0.5, 0.6) is 5.75 Å². The highest BCUT2D eigenvalue weighted by atomic mass is 32.1. The summed E-state index contributed by atoms with van der Waals surface area (Å²) < 4.78 is 5.67. The second-order valence-corrected chi connectivity index (χ2v) is 6.34. The maximum Gasteiger partial charge on any atom is 0.119 e. The Morgan fingerprint density at radius 2 is 1.65 bits per heavy atom. The van der Waals surface area contributed by atoms with Crippen LogP contribution >= 0.6 is 11.3 Å². The lowest BCUT2D eigenvalue weighted by Crippen LogP contribution is -2.21. The molecule has 0 bridgehead atoms. The average Bonchev–Trinajstić information content (AvgIpc) is 2.92. The van der Waals surface area contributed by atoms with E-state index in [1.165, 1.54) is 10.4 Å². The van der Waals surface area contributed by atoms with E-state index >= 15 is 0 Å². The molecule has 0 aliphatic rings. The molecule has 0 radical (unpaired) electrons. The summed E-state index contributed by atoms with van der Waals surface area (Å²) in [5, 5.41) is 5.75. The van der Waals surface area contributed by atoms with Gasteiger partial charge in [-0.25, -0.2) is 0 Å². The van der Waals surface area contributed by atoms with Crippen LogP contribution in [0.2, 0.25) is 0 Å². The number of rotatable bonds is 6. The number of ether oxygens (including phenoxy) is 1. The predicted molar refractivity (Wildman–Crippen MR) is 86.5 cm³/mol. The first kappa shape index (κ1) is 15.1. The molecule has 0 saturated heterocycles. The van der Waals surface area contributed by atoms with Crippen LogP contribution in [0.15, 0.2) is 41.8 Å². The summed E-state index contributed by atoms with van der Waals surface area (Å²) in [6, 6.07) is 13.3. The molecule has 3 heteroatoms. The second kappa shape index (κ2) is 6.91. The van der Waals surface area contributed by atoms with Gasteiger partial charge in [0.15, 0.2) is 0 Å². The quantitative estimate of drug-likeness (QED) is 0.812. The summed E-state index contributed by atoms with van der Waals surface area (Å²) in [6.07, 6.45) is 0.218. The fourth-order valence-corrected chi connectivity index (χ4v) is 2.94. The lowest BCUT2D eigenvalue weighted by molar-refractivity contribution is 0.242. The van der Waals surface area contributed by atoms with E-state index in [1.54, 1.807) is 11.3 Å². The minimum Gasteiger partial charge on any atom is -0.491 e.